The highest BCUT2D eigenvalue weighted by Crippen LogP contribution is 2.15. The SMILES string of the molecule is CS(=O)(=O)Nc1ccc(C(=O)N2CCCO2)cc1. The van der Waals surface area contributed by atoms with Crippen LogP contribution in [0.25, 0.3) is 0 Å². The van der Waals surface area contributed by atoms with Gasteiger partial charge in [0.1, 0.15) is 0 Å². The van der Waals surface area contributed by atoms with Crippen LogP contribution in [0.4, 0.5) is 5.69 Å². The minimum absolute atomic E-state index is 0.210. The molecular formula is C11H14N2O4S. The summed E-state index contributed by atoms with van der Waals surface area (Å²) in [4.78, 5) is 17.1. The van der Waals surface area contributed by atoms with E-state index < -0.39 is 10.0 Å². The van der Waals surface area contributed by atoms with Crippen molar-refractivity contribution in [3.63, 3.8) is 0 Å². The lowest BCUT2D eigenvalue weighted by atomic mass is 10.2. The molecule has 0 spiro atoms. The molecule has 1 N–H and O–H groups in total. The first-order valence-electron chi connectivity index (χ1n) is 5.48. The van der Waals surface area contributed by atoms with E-state index in [4.69, 9.17) is 4.84 Å². The molecule has 7 heteroatoms. The summed E-state index contributed by atoms with van der Waals surface area (Å²) >= 11 is 0. The van der Waals surface area contributed by atoms with Gasteiger partial charge in [0.2, 0.25) is 10.0 Å². The Morgan fingerprint density at radius 1 is 1.33 bits per heavy atom. The molecule has 0 bridgehead atoms. The summed E-state index contributed by atoms with van der Waals surface area (Å²) < 4.78 is 24.4. The Kier molecular flexibility index (Phi) is 3.53. The Balaban J connectivity index is 2.09. The van der Waals surface area contributed by atoms with E-state index in [9.17, 15) is 13.2 Å². The summed E-state index contributed by atoms with van der Waals surface area (Å²) in [5, 5.41) is 1.32. The molecule has 0 unspecified atom stereocenters. The Bertz CT molecular complexity index is 533. The lowest BCUT2D eigenvalue weighted by molar-refractivity contribution is -0.0768. The Morgan fingerprint density at radius 3 is 2.50 bits per heavy atom. The summed E-state index contributed by atoms with van der Waals surface area (Å²) in [7, 11) is -3.30. The average molecular weight is 270 g/mol. The Labute approximate surface area is 106 Å². The van der Waals surface area contributed by atoms with Crippen molar-refractivity contribution in [3.8, 4) is 0 Å². The van der Waals surface area contributed by atoms with Crippen LogP contribution in [0, 0.1) is 0 Å². The predicted octanol–water partition coefficient (Wildman–Crippen LogP) is 0.836. The summed E-state index contributed by atoms with van der Waals surface area (Å²) in [6.07, 6.45) is 1.91. The highest BCUT2D eigenvalue weighted by atomic mass is 32.2. The molecule has 0 saturated carbocycles. The minimum Gasteiger partial charge on any atom is -0.284 e. The number of hydrogen-bond acceptors (Lipinski definition) is 4. The number of nitrogens with one attached hydrogen (secondary N) is 1. The van der Waals surface area contributed by atoms with Gasteiger partial charge in [-0.3, -0.25) is 14.4 Å². The molecule has 0 aromatic heterocycles. The van der Waals surface area contributed by atoms with Crippen LogP contribution >= 0.6 is 0 Å². The summed E-state index contributed by atoms with van der Waals surface area (Å²) in [6.45, 7) is 1.14. The van der Waals surface area contributed by atoms with Crippen molar-refractivity contribution in [1.29, 1.82) is 0 Å². The van der Waals surface area contributed by atoms with Crippen LogP contribution in [0.15, 0.2) is 24.3 Å². The first kappa shape index (κ1) is 12.8. The molecule has 18 heavy (non-hydrogen) atoms. The van der Waals surface area contributed by atoms with Crippen molar-refractivity contribution in [3.05, 3.63) is 29.8 Å². The lowest BCUT2D eigenvalue weighted by Crippen LogP contribution is -2.26. The van der Waals surface area contributed by atoms with E-state index >= 15 is 0 Å². The zero-order valence-corrected chi connectivity index (χ0v) is 10.7. The number of carbonyl (C=O) groups excluding carboxylic acids is 1. The van der Waals surface area contributed by atoms with E-state index in [0.29, 0.717) is 24.4 Å². The van der Waals surface area contributed by atoms with Crippen molar-refractivity contribution in [2.75, 3.05) is 24.1 Å². The molecule has 1 aliphatic heterocycles. The molecule has 0 atom stereocenters. The van der Waals surface area contributed by atoms with Gasteiger partial charge in [-0.2, -0.15) is 0 Å². The molecule has 0 aliphatic carbocycles. The summed E-state index contributed by atoms with van der Waals surface area (Å²) in [6, 6.07) is 6.23. The molecule has 1 aromatic rings. The molecule has 1 saturated heterocycles. The normalized spacial score (nSPS) is 15.7. The summed E-state index contributed by atoms with van der Waals surface area (Å²) in [5.41, 5.74) is 0.896. The maximum Gasteiger partial charge on any atom is 0.277 e. The number of sulfonamides is 1. The zero-order chi connectivity index (χ0) is 13.2. The first-order valence-corrected chi connectivity index (χ1v) is 7.37. The predicted molar refractivity (Wildman–Crippen MR) is 66.5 cm³/mol. The van der Waals surface area contributed by atoms with Gasteiger partial charge in [0.25, 0.3) is 5.91 Å². The minimum atomic E-state index is -3.30. The maximum absolute atomic E-state index is 11.9. The number of rotatable bonds is 3. The van der Waals surface area contributed by atoms with Crippen LogP contribution in [0.3, 0.4) is 0 Å². The van der Waals surface area contributed by atoms with Gasteiger partial charge >= 0.3 is 0 Å². The third kappa shape index (κ3) is 3.21. The van der Waals surface area contributed by atoms with Crippen LogP contribution in [0.5, 0.6) is 0 Å². The van der Waals surface area contributed by atoms with E-state index in [1.165, 1.54) is 5.06 Å². The van der Waals surface area contributed by atoms with E-state index in [-0.39, 0.29) is 5.91 Å². The van der Waals surface area contributed by atoms with Gasteiger partial charge in [-0.1, -0.05) is 0 Å². The number of anilines is 1. The average Bonchev–Trinajstić information content (AvgIpc) is 2.80. The van der Waals surface area contributed by atoms with Gasteiger partial charge in [0.05, 0.1) is 19.4 Å². The van der Waals surface area contributed by atoms with Gasteiger partial charge in [0.15, 0.2) is 0 Å². The molecule has 1 fully saturated rings. The van der Waals surface area contributed by atoms with E-state index in [1.807, 2.05) is 0 Å². The van der Waals surface area contributed by atoms with Crippen LogP contribution in [-0.2, 0) is 14.9 Å². The van der Waals surface area contributed by atoms with Crippen molar-refractivity contribution in [2.24, 2.45) is 0 Å². The fourth-order valence-electron chi connectivity index (χ4n) is 1.65. The van der Waals surface area contributed by atoms with Crippen LogP contribution < -0.4 is 4.72 Å². The standard InChI is InChI=1S/C11H14N2O4S/c1-18(15,16)12-10-5-3-9(4-6-10)11(14)13-7-2-8-17-13/h3-6,12H,2,7-8H2,1H3. The molecule has 1 aliphatic rings. The second kappa shape index (κ2) is 4.95. The number of nitrogens with zero attached hydrogens (tertiary/aromatic N) is 1. The van der Waals surface area contributed by atoms with Crippen molar-refractivity contribution < 1.29 is 18.0 Å². The topological polar surface area (TPSA) is 75.7 Å². The largest absolute Gasteiger partial charge is 0.284 e. The highest BCUT2D eigenvalue weighted by Gasteiger charge is 2.20. The number of benzene rings is 1. The fourth-order valence-corrected chi connectivity index (χ4v) is 2.21. The smallest absolute Gasteiger partial charge is 0.277 e. The molecule has 2 rings (SSSR count). The van der Waals surface area contributed by atoms with Gasteiger partial charge in [-0.15, -0.1) is 0 Å². The second-order valence-corrected chi connectivity index (χ2v) is 5.79. The molecule has 1 aromatic carbocycles. The zero-order valence-electron chi connectivity index (χ0n) is 9.92. The monoisotopic (exact) mass is 270 g/mol. The third-order valence-electron chi connectivity index (χ3n) is 2.41. The van der Waals surface area contributed by atoms with Crippen molar-refractivity contribution >= 4 is 21.6 Å². The molecule has 0 radical (unpaired) electrons. The molecular weight excluding hydrogens is 256 g/mol. The van der Waals surface area contributed by atoms with Gasteiger partial charge < -0.3 is 0 Å². The molecule has 98 valence electrons. The number of hydrogen-bond donors (Lipinski definition) is 1. The fraction of sp³-hybridized carbons (Fsp3) is 0.364. The highest BCUT2D eigenvalue weighted by molar-refractivity contribution is 7.92. The summed E-state index contributed by atoms with van der Waals surface area (Å²) in [5.74, 6) is -0.210. The Morgan fingerprint density at radius 2 is 2.00 bits per heavy atom. The number of hydroxylamine groups is 2. The van der Waals surface area contributed by atoms with E-state index in [1.54, 1.807) is 24.3 Å². The van der Waals surface area contributed by atoms with Crippen LogP contribution in [0.2, 0.25) is 0 Å². The quantitative estimate of drug-likeness (QED) is 0.883. The van der Waals surface area contributed by atoms with E-state index in [2.05, 4.69) is 4.72 Å². The third-order valence-corrected chi connectivity index (χ3v) is 3.02. The number of carbonyl (C=O) groups is 1. The lowest BCUT2D eigenvalue weighted by Gasteiger charge is -2.13. The Hall–Kier alpha value is -1.60. The van der Waals surface area contributed by atoms with Crippen LogP contribution in [-0.4, -0.2) is 38.8 Å². The molecule has 6 nitrogen and oxygen atoms in total. The van der Waals surface area contributed by atoms with E-state index in [0.717, 1.165) is 12.7 Å². The van der Waals surface area contributed by atoms with Crippen LogP contribution in [0.1, 0.15) is 16.8 Å². The second-order valence-electron chi connectivity index (χ2n) is 4.05. The maximum atomic E-state index is 11.9. The van der Waals surface area contributed by atoms with Gasteiger partial charge in [-0.25, -0.2) is 13.5 Å². The van der Waals surface area contributed by atoms with Crippen molar-refractivity contribution in [2.45, 2.75) is 6.42 Å². The van der Waals surface area contributed by atoms with Gasteiger partial charge in [0, 0.05) is 11.3 Å². The van der Waals surface area contributed by atoms with Gasteiger partial charge in [-0.05, 0) is 30.7 Å². The molecule has 1 amide bonds. The number of amides is 1. The first-order chi connectivity index (χ1) is 8.46. The van der Waals surface area contributed by atoms with Crippen molar-refractivity contribution in [1.82, 2.24) is 5.06 Å². The molecule has 1 heterocycles.